The van der Waals surface area contributed by atoms with Gasteiger partial charge in [0.2, 0.25) is 5.91 Å². The fraction of sp³-hybridized carbons (Fsp3) is 0.231. The van der Waals surface area contributed by atoms with E-state index >= 15 is 0 Å². The van der Waals surface area contributed by atoms with Gasteiger partial charge in [0, 0.05) is 24.1 Å². The Bertz CT molecular complexity index is 500. The normalized spacial score (nSPS) is 9.17. The Kier molecular flexibility index (Phi) is 5.42. The molecule has 18 heavy (non-hydrogen) atoms. The van der Waals surface area contributed by atoms with Crippen molar-refractivity contribution in [3.05, 3.63) is 35.4 Å². The third kappa shape index (κ3) is 4.68. The van der Waals surface area contributed by atoms with Crippen molar-refractivity contribution in [1.29, 1.82) is 0 Å². The Morgan fingerprint density at radius 3 is 2.78 bits per heavy atom. The van der Waals surface area contributed by atoms with Gasteiger partial charge in [-0.05, 0) is 18.2 Å². The van der Waals surface area contributed by atoms with Crippen molar-refractivity contribution >= 4 is 11.8 Å². The molecular formula is C13H15N3O2. The Morgan fingerprint density at radius 1 is 1.33 bits per heavy atom. The summed E-state index contributed by atoms with van der Waals surface area (Å²) in [5, 5.41) is 2.60. The average molecular weight is 245 g/mol. The van der Waals surface area contributed by atoms with Crippen LogP contribution in [-0.2, 0) is 4.79 Å². The first-order valence-corrected chi connectivity index (χ1v) is 5.49. The molecule has 1 aromatic carbocycles. The minimum absolute atomic E-state index is 0.123. The lowest BCUT2D eigenvalue weighted by Gasteiger charge is -2.03. The molecule has 5 heteroatoms. The SMILES string of the molecule is NCC#Cc1cccc(C(=O)NCCC(N)=O)c1. The highest BCUT2D eigenvalue weighted by molar-refractivity contribution is 5.94. The molecule has 1 aromatic rings. The Hall–Kier alpha value is -2.32. The van der Waals surface area contributed by atoms with E-state index in [0.717, 1.165) is 5.56 Å². The minimum Gasteiger partial charge on any atom is -0.370 e. The van der Waals surface area contributed by atoms with E-state index in [1.807, 2.05) is 0 Å². The van der Waals surface area contributed by atoms with E-state index in [1.54, 1.807) is 24.3 Å². The van der Waals surface area contributed by atoms with Crippen LogP contribution < -0.4 is 16.8 Å². The first kappa shape index (κ1) is 13.7. The zero-order valence-corrected chi connectivity index (χ0v) is 9.90. The molecule has 94 valence electrons. The molecule has 0 aliphatic heterocycles. The van der Waals surface area contributed by atoms with Crippen LogP contribution in [0.5, 0.6) is 0 Å². The van der Waals surface area contributed by atoms with Crippen LogP contribution in [0.3, 0.4) is 0 Å². The summed E-state index contributed by atoms with van der Waals surface area (Å²) >= 11 is 0. The van der Waals surface area contributed by atoms with Crippen LogP contribution in [-0.4, -0.2) is 24.9 Å². The third-order valence-electron chi connectivity index (χ3n) is 2.12. The molecule has 2 amide bonds. The topological polar surface area (TPSA) is 98.2 Å². The quantitative estimate of drug-likeness (QED) is 0.629. The molecule has 0 spiro atoms. The van der Waals surface area contributed by atoms with Crippen LogP contribution in [0, 0.1) is 11.8 Å². The Morgan fingerprint density at radius 2 is 2.11 bits per heavy atom. The predicted molar refractivity (Wildman–Crippen MR) is 68.5 cm³/mol. The van der Waals surface area contributed by atoms with Gasteiger partial charge in [-0.15, -0.1) is 0 Å². The smallest absolute Gasteiger partial charge is 0.251 e. The second kappa shape index (κ2) is 7.09. The molecule has 0 bridgehead atoms. The van der Waals surface area contributed by atoms with E-state index in [1.165, 1.54) is 0 Å². The summed E-state index contributed by atoms with van der Waals surface area (Å²) in [4.78, 5) is 22.2. The van der Waals surface area contributed by atoms with Crippen LogP contribution in [0.1, 0.15) is 22.3 Å². The van der Waals surface area contributed by atoms with E-state index in [4.69, 9.17) is 11.5 Å². The van der Waals surface area contributed by atoms with Crippen molar-refractivity contribution in [2.45, 2.75) is 6.42 Å². The number of hydrogen-bond donors (Lipinski definition) is 3. The number of hydrogen-bond acceptors (Lipinski definition) is 3. The first-order valence-electron chi connectivity index (χ1n) is 5.49. The van der Waals surface area contributed by atoms with Crippen molar-refractivity contribution in [3.8, 4) is 11.8 Å². The van der Waals surface area contributed by atoms with Gasteiger partial charge in [0.05, 0.1) is 6.54 Å². The largest absolute Gasteiger partial charge is 0.370 e. The molecular weight excluding hydrogens is 230 g/mol. The number of benzene rings is 1. The molecule has 0 aliphatic rings. The maximum atomic E-state index is 11.7. The molecule has 0 heterocycles. The second-order valence-electron chi connectivity index (χ2n) is 3.56. The number of rotatable bonds is 4. The number of carbonyl (C=O) groups is 2. The van der Waals surface area contributed by atoms with Crippen LogP contribution in [0.15, 0.2) is 24.3 Å². The van der Waals surface area contributed by atoms with Gasteiger partial charge in [-0.2, -0.15) is 0 Å². The Labute approximate surface area is 106 Å². The van der Waals surface area contributed by atoms with Crippen LogP contribution in [0.4, 0.5) is 0 Å². The lowest BCUT2D eigenvalue weighted by molar-refractivity contribution is -0.117. The number of carbonyl (C=O) groups excluding carboxylic acids is 2. The van der Waals surface area contributed by atoms with Gasteiger partial charge in [-0.3, -0.25) is 9.59 Å². The number of amides is 2. The summed E-state index contributed by atoms with van der Waals surface area (Å²) in [5.41, 5.74) is 11.5. The highest BCUT2D eigenvalue weighted by atomic mass is 16.2. The average Bonchev–Trinajstić information content (AvgIpc) is 2.36. The second-order valence-corrected chi connectivity index (χ2v) is 3.56. The van der Waals surface area contributed by atoms with E-state index in [2.05, 4.69) is 17.2 Å². The maximum Gasteiger partial charge on any atom is 0.251 e. The van der Waals surface area contributed by atoms with Gasteiger partial charge in [0.15, 0.2) is 0 Å². The molecule has 0 atom stereocenters. The van der Waals surface area contributed by atoms with Gasteiger partial charge in [-0.1, -0.05) is 17.9 Å². The summed E-state index contributed by atoms with van der Waals surface area (Å²) in [6.45, 7) is 0.502. The zero-order valence-electron chi connectivity index (χ0n) is 9.90. The minimum atomic E-state index is -0.446. The third-order valence-corrected chi connectivity index (χ3v) is 2.12. The monoisotopic (exact) mass is 245 g/mol. The standard InChI is InChI=1S/C13H15N3O2/c14-7-2-4-10-3-1-5-11(9-10)13(18)16-8-6-12(15)17/h1,3,5,9H,6-8,14H2,(H2,15,17)(H,16,18). The number of nitrogens with two attached hydrogens (primary N) is 2. The predicted octanol–water partition coefficient (Wildman–Crippen LogP) is -0.398. The van der Waals surface area contributed by atoms with Gasteiger partial charge < -0.3 is 16.8 Å². The summed E-state index contributed by atoms with van der Waals surface area (Å²) in [5.74, 6) is 4.86. The van der Waals surface area contributed by atoms with Crippen molar-refractivity contribution in [1.82, 2.24) is 5.32 Å². The summed E-state index contributed by atoms with van der Waals surface area (Å²) in [6.07, 6.45) is 0.123. The fourth-order valence-electron chi connectivity index (χ4n) is 1.29. The van der Waals surface area contributed by atoms with E-state index < -0.39 is 5.91 Å². The molecule has 0 aliphatic carbocycles. The fourth-order valence-corrected chi connectivity index (χ4v) is 1.29. The molecule has 0 aromatic heterocycles. The summed E-state index contributed by atoms with van der Waals surface area (Å²) in [6, 6.07) is 6.88. The molecule has 5 N–H and O–H groups in total. The van der Waals surface area contributed by atoms with Gasteiger partial charge in [0.25, 0.3) is 5.91 Å². The molecule has 0 saturated carbocycles. The van der Waals surface area contributed by atoms with Gasteiger partial charge in [-0.25, -0.2) is 0 Å². The molecule has 0 radical (unpaired) electrons. The number of nitrogens with one attached hydrogen (secondary N) is 1. The van der Waals surface area contributed by atoms with Crippen molar-refractivity contribution < 1.29 is 9.59 Å². The maximum absolute atomic E-state index is 11.7. The van der Waals surface area contributed by atoms with Crippen LogP contribution in [0.25, 0.3) is 0 Å². The highest BCUT2D eigenvalue weighted by Crippen LogP contribution is 2.03. The van der Waals surface area contributed by atoms with Crippen molar-refractivity contribution in [2.24, 2.45) is 11.5 Å². The van der Waals surface area contributed by atoms with E-state index in [9.17, 15) is 9.59 Å². The van der Waals surface area contributed by atoms with E-state index in [0.29, 0.717) is 5.56 Å². The molecule has 0 fully saturated rings. The van der Waals surface area contributed by atoms with Crippen molar-refractivity contribution in [2.75, 3.05) is 13.1 Å². The number of primary amides is 1. The zero-order chi connectivity index (χ0) is 13.4. The Balaban J connectivity index is 2.65. The van der Waals surface area contributed by atoms with E-state index in [-0.39, 0.29) is 25.4 Å². The molecule has 0 unspecified atom stereocenters. The van der Waals surface area contributed by atoms with Crippen LogP contribution in [0.2, 0.25) is 0 Å². The molecule has 1 rings (SSSR count). The van der Waals surface area contributed by atoms with Crippen LogP contribution >= 0.6 is 0 Å². The summed E-state index contributed by atoms with van der Waals surface area (Å²) in [7, 11) is 0. The lowest BCUT2D eigenvalue weighted by atomic mass is 10.1. The van der Waals surface area contributed by atoms with Gasteiger partial charge >= 0.3 is 0 Å². The van der Waals surface area contributed by atoms with Gasteiger partial charge in [0.1, 0.15) is 0 Å². The highest BCUT2D eigenvalue weighted by Gasteiger charge is 2.05. The molecule has 5 nitrogen and oxygen atoms in total. The van der Waals surface area contributed by atoms with Crippen molar-refractivity contribution in [3.63, 3.8) is 0 Å². The lowest BCUT2D eigenvalue weighted by Crippen LogP contribution is -2.27. The first-order chi connectivity index (χ1) is 8.63. The molecule has 0 saturated heterocycles. The summed E-state index contributed by atoms with van der Waals surface area (Å²) < 4.78 is 0.